The molecule has 2 aliphatic rings. The van der Waals surface area contributed by atoms with Crippen molar-refractivity contribution >= 4 is 5.91 Å². The van der Waals surface area contributed by atoms with Crippen LogP contribution in [0.1, 0.15) is 66.4 Å². The predicted molar refractivity (Wildman–Crippen MR) is 94.9 cm³/mol. The Morgan fingerprint density at radius 1 is 0.957 bits per heavy atom. The Kier molecular flexibility index (Phi) is 6.09. The molecule has 3 nitrogen and oxygen atoms in total. The number of fused-ring (bicyclic) bond motifs is 1. The van der Waals surface area contributed by atoms with E-state index in [2.05, 4.69) is 22.3 Å². The predicted octanol–water partition coefficient (Wildman–Crippen LogP) is 3.56. The summed E-state index contributed by atoms with van der Waals surface area (Å²) in [6.45, 7) is 4.37. The lowest BCUT2D eigenvalue weighted by Crippen LogP contribution is -2.30. The molecule has 126 valence electrons. The molecule has 0 bridgehead atoms. The molecule has 0 unspecified atom stereocenters. The van der Waals surface area contributed by atoms with E-state index in [1.165, 1.54) is 69.2 Å². The highest BCUT2D eigenvalue weighted by Gasteiger charge is 2.13. The summed E-state index contributed by atoms with van der Waals surface area (Å²) >= 11 is 0. The van der Waals surface area contributed by atoms with Gasteiger partial charge in [-0.05, 0) is 87.8 Å². The van der Waals surface area contributed by atoms with Crippen LogP contribution < -0.4 is 5.32 Å². The number of carbonyl (C=O) groups is 1. The van der Waals surface area contributed by atoms with Crippen LogP contribution in [0.5, 0.6) is 0 Å². The summed E-state index contributed by atoms with van der Waals surface area (Å²) in [5.41, 5.74) is 3.66. The summed E-state index contributed by atoms with van der Waals surface area (Å²) in [7, 11) is 0. The second-order valence-electron chi connectivity index (χ2n) is 7.06. The van der Waals surface area contributed by atoms with Gasteiger partial charge in [0, 0.05) is 12.1 Å². The largest absolute Gasteiger partial charge is 0.352 e. The van der Waals surface area contributed by atoms with Gasteiger partial charge in [0.1, 0.15) is 0 Å². The van der Waals surface area contributed by atoms with Crippen LogP contribution in [0.3, 0.4) is 0 Å². The lowest BCUT2D eigenvalue weighted by molar-refractivity contribution is 0.0951. The Balaban J connectivity index is 1.42. The van der Waals surface area contributed by atoms with Gasteiger partial charge in [0.05, 0.1) is 0 Å². The summed E-state index contributed by atoms with van der Waals surface area (Å²) in [6.07, 6.45) is 11.3. The zero-order chi connectivity index (χ0) is 15.9. The number of nitrogens with one attached hydrogen (secondary N) is 1. The van der Waals surface area contributed by atoms with Gasteiger partial charge < -0.3 is 10.2 Å². The van der Waals surface area contributed by atoms with Crippen LogP contribution in [0.25, 0.3) is 0 Å². The first-order valence-corrected chi connectivity index (χ1v) is 9.45. The summed E-state index contributed by atoms with van der Waals surface area (Å²) in [6, 6.07) is 6.26. The molecule has 3 rings (SSSR count). The maximum absolute atomic E-state index is 12.3. The topological polar surface area (TPSA) is 32.3 Å². The molecule has 1 fully saturated rings. The normalized spacial score (nSPS) is 19.0. The van der Waals surface area contributed by atoms with E-state index in [1.807, 2.05) is 6.07 Å². The van der Waals surface area contributed by atoms with Crippen LogP contribution in [0.15, 0.2) is 18.2 Å². The summed E-state index contributed by atoms with van der Waals surface area (Å²) < 4.78 is 0. The van der Waals surface area contributed by atoms with Crippen molar-refractivity contribution in [1.82, 2.24) is 10.2 Å². The zero-order valence-electron chi connectivity index (χ0n) is 14.3. The number of carbonyl (C=O) groups excluding carboxylic acids is 1. The fourth-order valence-electron chi connectivity index (χ4n) is 3.84. The Morgan fingerprint density at radius 3 is 2.48 bits per heavy atom. The Morgan fingerprint density at radius 2 is 1.70 bits per heavy atom. The minimum absolute atomic E-state index is 0.0919. The van der Waals surface area contributed by atoms with Crippen LogP contribution in [-0.2, 0) is 12.8 Å². The number of amides is 1. The summed E-state index contributed by atoms with van der Waals surface area (Å²) in [5.74, 6) is 0.0919. The van der Waals surface area contributed by atoms with Gasteiger partial charge in [-0.25, -0.2) is 0 Å². The molecule has 0 saturated carbocycles. The summed E-state index contributed by atoms with van der Waals surface area (Å²) in [5, 5.41) is 3.10. The van der Waals surface area contributed by atoms with Gasteiger partial charge >= 0.3 is 0 Å². The van der Waals surface area contributed by atoms with E-state index in [-0.39, 0.29) is 5.91 Å². The molecule has 0 radical (unpaired) electrons. The fraction of sp³-hybridized carbons (Fsp3) is 0.650. The van der Waals surface area contributed by atoms with Gasteiger partial charge in [-0.2, -0.15) is 0 Å². The zero-order valence-corrected chi connectivity index (χ0v) is 14.3. The molecule has 0 aromatic heterocycles. The van der Waals surface area contributed by atoms with Gasteiger partial charge in [-0.3, -0.25) is 4.79 Å². The van der Waals surface area contributed by atoms with Crippen molar-refractivity contribution in [3.8, 4) is 0 Å². The molecule has 1 N–H and O–H groups in total. The first kappa shape index (κ1) is 16.5. The van der Waals surface area contributed by atoms with Gasteiger partial charge in [0.2, 0.25) is 0 Å². The van der Waals surface area contributed by atoms with Crippen molar-refractivity contribution in [2.75, 3.05) is 26.2 Å². The van der Waals surface area contributed by atoms with Crippen molar-refractivity contribution in [2.24, 2.45) is 0 Å². The van der Waals surface area contributed by atoms with Crippen molar-refractivity contribution in [2.45, 2.75) is 57.8 Å². The number of rotatable bonds is 5. The Hall–Kier alpha value is -1.35. The molecule has 1 saturated heterocycles. The van der Waals surface area contributed by atoms with Crippen LogP contribution in [0.2, 0.25) is 0 Å². The second kappa shape index (κ2) is 8.49. The van der Waals surface area contributed by atoms with Crippen LogP contribution in [0, 0.1) is 0 Å². The fourth-order valence-corrected chi connectivity index (χ4v) is 3.84. The minimum Gasteiger partial charge on any atom is -0.352 e. The lowest BCUT2D eigenvalue weighted by Gasteiger charge is -2.19. The third kappa shape index (κ3) is 4.81. The second-order valence-corrected chi connectivity index (χ2v) is 7.06. The highest BCUT2D eigenvalue weighted by molar-refractivity contribution is 5.94. The number of hydrogen-bond donors (Lipinski definition) is 1. The first-order valence-electron chi connectivity index (χ1n) is 9.45. The Labute approximate surface area is 140 Å². The average Bonchev–Trinajstić information content (AvgIpc) is 2.87. The quantitative estimate of drug-likeness (QED) is 0.843. The molecule has 1 aromatic carbocycles. The van der Waals surface area contributed by atoms with Gasteiger partial charge in [0.25, 0.3) is 5.91 Å². The van der Waals surface area contributed by atoms with Gasteiger partial charge in [-0.15, -0.1) is 0 Å². The van der Waals surface area contributed by atoms with Crippen molar-refractivity contribution in [3.05, 3.63) is 34.9 Å². The third-order valence-corrected chi connectivity index (χ3v) is 5.25. The van der Waals surface area contributed by atoms with Crippen LogP contribution >= 0.6 is 0 Å². The molecule has 1 aliphatic carbocycles. The molecule has 0 spiro atoms. The summed E-state index contributed by atoms with van der Waals surface area (Å²) in [4.78, 5) is 14.9. The molecule has 0 atom stereocenters. The van der Waals surface area contributed by atoms with Crippen LogP contribution in [0.4, 0.5) is 0 Å². The number of benzene rings is 1. The van der Waals surface area contributed by atoms with E-state index >= 15 is 0 Å². The highest BCUT2D eigenvalue weighted by Crippen LogP contribution is 2.22. The molecular weight excluding hydrogens is 284 g/mol. The highest BCUT2D eigenvalue weighted by atomic mass is 16.1. The number of aryl methyl sites for hydroxylation is 2. The number of hydrogen-bond acceptors (Lipinski definition) is 2. The Bertz CT molecular complexity index is 518. The maximum Gasteiger partial charge on any atom is 0.251 e. The van der Waals surface area contributed by atoms with E-state index in [9.17, 15) is 4.79 Å². The van der Waals surface area contributed by atoms with Crippen LogP contribution in [-0.4, -0.2) is 37.0 Å². The number of likely N-dealkylation sites (tertiary alicyclic amines) is 1. The first-order chi connectivity index (χ1) is 11.3. The smallest absolute Gasteiger partial charge is 0.251 e. The molecule has 3 heteroatoms. The van der Waals surface area contributed by atoms with Gasteiger partial charge in [0.15, 0.2) is 0 Å². The van der Waals surface area contributed by atoms with Crippen molar-refractivity contribution < 1.29 is 4.79 Å². The molecule has 1 amide bonds. The van der Waals surface area contributed by atoms with E-state index in [4.69, 9.17) is 0 Å². The molecule has 1 aromatic rings. The van der Waals surface area contributed by atoms with Crippen molar-refractivity contribution in [1.29, 1.82) is 0 Å². The average molecular weight is 314 g/mol. The van der Waals surface area contributed by atoms with Crippen molar-refractivity contribution in [3.63, 3.8) is 0 Å². The molecule has 23 heavy (non-hydrogen) atoms. The van der Waals surface area contributed by atoms with E-state index < -0.39 is 0 Å². The minimum atomic E-state index is 0.0919. The lowest BCUT2D eigenvalue weighted by atomic mass is 9.90. The SMILES string of the molecule is O=C(NCCCN1CCCCCC1)c1ccc2c(c1)CCCC2. The third-order valence-electron chi connectivity index (χ3n) is 5.25. The van der Waals surface area contributed by atoms with Gasteiger partial charge in [-0.1, -0.05) is 18.9 Å². The van der Waals surface area contributed by atoms with E-state index in [0.717, 1.165) is 31.5 Å². The molecular formula is C20H30N2O. The van der Waals surface area contributed by atoms with E-state index in [1.54, 1.807) is 0 Å². The molecule has 1 heterocycles. The molecule has 1 aliphatic heterocycles. The van der Waals surface area contributed by atoms with E-state index in [0.29, 0.717) is 0 Å². The number of nitrogens with zero attached hydrogens (tertiary/aromatic N) is 1. The maximum atomic E-state index is 12.3. The standard InChI is InChI=1S/C20H30N2O/c23-20(19-11-10-17-8-3-4-9-18(17)16-19)21-12-7-15-22-13-5-1-2-6-14-22/h10-11,16H,1-9,12-15H2,(H,21,23). The monoisotopic (exact) mass is 314 g/mol.